The zero-order chi connectivity index (χ0) is 11.9. The highest BCUT2D eigenvalue weighted by Gasteiger charge is 2.53. The smallest absolute Gasteiger partial charge is 0.0934 e. The summed E-state index contributed by atoms with van der Waals surface area (Å²) >= 11 is 0. The van der Waals surface area contributed by atoms with Gasteiger partial charge in [-0.3, -0.25) is 0 Å². The molecule has 1 aromatic heterocycles. The molecule has 2 nitrogen and oxygen atoms in total. The molecule has 0 amide bonds. The molecule has 2 atom stereocenters. The summed E-state index contributed by atoms with van der Waals surface area (Å²) in [6, 6.07) is 2.72. The van der Waals surface area contributed by atoms with Gasteiger partial charge in [-0.25, -0.2) is 0 Å². The van der Waals surface area contributed by atoms with Crippen LogP contribution in [0.5, 0.6) is 0 Å². The second kappa shape index (κ2) is 4.16. The maximum absolute atomic E-state index is 5.21. The molecule has 2 fully saturated rings. The fraction of sp³-hybridized carbons (Fsp3) is 0.733. The van der Waals surface area contributed by atoms with Crippen LogP contribution in [0.1, 0.15) is 38.7 Å². The van der Waals surface area contributed by atoms with Crippen LogP contribution in [0.4, 0.5) is 0 Å². The van der Waals surface area contributed by atoms with E-state index in [1.807, 2.05) is 6.26 Å². The Bertz CT molecular complexity index is 358. The lowest BCUT2D eigenvalue weighted by Gasteiger charge is -2.32. The number of furan rings is 1. The van der Waals surface area contributed by atoms with Crippen molar-refractivity contribution in [3.05, 3.63) is 24.2 Å². The van der Waals surface area contributed by atoms with E-state index in [4.69, 9.17) is 4.42 Å². The van der Waals surface area contributed by atoms with Crippen LogP contribution in [-0.2, 0) is 6.42 Å². The van der Waals surface area contributed by atoms with Crippen molar-refractivity contribution in [1.29, 1.82) is 0 Å². The molecule has 1 aromatic rings. The van der Waals surface area contributed by atoms with E-state index in [1.54, 1.807) is 6.26 Å². The molecule has 2 saturated carbocycles. The topological polar surface area (TPSA) is 25.2 Å². The quantitative estimate of drug-likeness (QED) is 0.844. The third kappa shape index (κ3) is 2.42. The van der Waals surface area contributed by atoms with E-state index in [1.165, 1.54) is 37.8 Å². The summed E-state index contributed by atoms with van der Waals surface area (Å²) in [5.41, 5.74) is 1.87. The van der Waals surface area contributed by atoms with Gasteiger partial charge >= 0.3 is 0 Å². The van der Waals surface area contributed by atoms with Crippen LogP contribution in [0.15, 0.2) is 23.0 Å². The van der Waals surface area contributed by atoms with Gasteiger partial charge in [0, 0.05) is 12.6 Å². The van der Waals surface area contributed by atoms with Gasteiger partial charge in [-0.1, -0.05) is 13.8 Å². The Morgan fingerprint density at radius 1 is 1.41 bits per heavy atom. The van der Waals surface area contributed by atoms with Gasteiger partial charge in [0.15, 0.2) is 0 Å². The first kappa shape index (κ1) is 11.3. The van der Waals surface area contributed by atoms with Gasteiger partial charge in [-0.2, -0.15) is 0 Å². The summed E-state index contributed by atoms with van der Waals surface area (Å²) < 4.78 is 5.21. The summed E-state index contributed by atoms with van der Waals surface area (Å²) in [5, 5.41) is 3.65. The molecule has 94 valence electrons. The summed E-state index contributed by atoms with van der Waals surface area (Å²) in [7, 11) is 0. The predicted octanol–water partition coefficient (Wildman–Crippen LogP) is 3.24. The van der Waals surface area contributed by atoms with E-state index >= 15 is 0 Å². The van der Waals surface area contributed by atoms with Crippen molar-refractivity contribution in [2.75, 3.05) is 6.54 Å². The monoisotopic (exact) mass is 233 g/mol. The van der Waals surface area contributed by atoms with Gasteiger partial charge in [0.2, 0.25) is 0 Å². The molecule has 0 saturated heterocycles. The van der Waals surface area contributed by atoms with Crippen molar-refractivity contribution in [2.45, 2.75) is 45.6 Å². The highest BCUT2D eigenvalue weighted by molar-refractivity contribution is 5.14. The maximum atomic E-state index is 5.21. The minimum Gasteiger partial charge on any atom is -0.472 e. The summed E-state index contributed by atoms with van der Waals surface area (Å²) in [6.45, 7) is 5.64. The van der Waals surface area contributed by atoms with Crippen LogP contribution < -0.4 is 5.32 Å². The fourth-order valence-electron chi connectivity index (χ4n) is 3.60. The SMILES string of the molecule is CC(C)NCC1(Cc2ccoc2)CC2CC2C1. The Morgan fingerprint density at radius 2 is 2.18 bits per heavy atom. The van der Waals surface area contributed by atoms with Crippen LogP contribution >= 0.6 is 0 Å². The fourth-order valence-corrected chi connectivity index (χ4v) is 3.60. The number of nitrogens with one attached hydrogen (secondary N) is 1. The molecule has 17 heavy (non-hydrogen) atoms. The molecule has 1 N–H and O–H groups in total. The van der Waals surface area contributed by atoms with E-state index in [-0.39, 0.29) is 0 Å². The number of hydrogen-bond donors (Lipinski definition) is 1. The molecular formula is C15H23NO. The van der Waals surface area contributed by atoms with Crippen molar-refractivity contribution < 1.29 is 4.42 Å². The molecule has 2 unspecified atom stereocenters. The summed E-state index contributed by atoms with van der Waals surface area (Å²) in [5.74, 6) is 2.08. The third-order valence-electron chi connectivity index (χ3n) is 4.50. The molecular weight excluding hydrogens is 210 g/mol. The van der Waals surface area contributed by atoms with E-state index in [0.29, 0.717) is 11.5 Å². The largest absolute Gasteiger partial charge is 0.472 e. The van der Waals surface area contributed by atoms with Crippen LogP contribution in [0.2, 0.25) is 0 Å². The Balaban J connectivity index is 1.68. The predicted molar refractivity (Wildman–Crippen MR) is 68.8 cm³/mol. The van der Waals surface area contributed by atoms with Crippen molar-refractivity contribution in [3.63, 3.8) is 0 Å². The van der Waals surface area contributed by atoms with Crippen LogP contribution in [0.3, 0.4) is 0 Å². The average Bonchev–Trinajstić information content (AvgIpc) is 2.73. The van der Waals surface area contributed by atoms with Gasteiger partial charge in [0.05, 0.1) is 12.5 Å². The first-order valence-electron chi connectivity index (χ1n) is 6.91. The van der Waals surface area contributed by atoms with Crippen molar-refractivity contribution >= 4 is 0 Å². The minimum absolute atomic E-state index is 0.502. The van der Waals surface area contributed by atoms with E-state index < -0.39 is 0 Å². The van der Waals surface area contributed by atoms with Gasteiger partial charge < -0.3 is 9.73 Å². The Hall–Kier alpha value is -0.760. The molecule has 3 rings (SSSR count). The maximum Gasteiger partial charge on any atom is 0.0934 e. The molecule has 0 aliphatic heterocycles. The lowest BCUT2D eigenvalue weighted by atomic mass is 9.77. The number of rotatable bonds is 5. The molecule has 2 aliphatic rings. The lowest BCUT2D eigenvalue weighted by molar-refractivity contribution is 0.241. The van der Waals surface area contributed by atoms with E-state index in [0.717, 1.165) is 11.8 Å². The van der Waals surface area contributed by atoms with Gasteiger partial charge in [-0.15, -0.1) is 0 Å². The second-order valence-corrected chi connectivity index (χ2v) is 6.51. The highest BCUT2D eigenvalue weighted by Crippen LogP contribution is 2.60. The van der Waals surface area contributed by atoms with Gasteiger partial charge in [0.25, 0.3) is 0 Å². The molecule has 2 heteroatoms. The molecule has 1 heterocycles. The average molecular weight is 233 g/mol. The molecule has 0 radical (unpaired) electrons. The minimum atomic E-state index is 0.502. The first-order chi connectivity index (χ1) is 8.17. The summed E-state index contributed by atoms with van der Waals surface area (Å²) in [4.78, 5) is 0. The summed E-state index contributed by atoms with van der Waals surface area (Å²) in [6.07, 6.45) is 9.24. The van der Waals surface area contributed by atoms with Crippen molar-refractivity contribution in [2.24, 2.45) is 17.3 Å². The Kier molecular flexibility index (Phi) is 2.78. The molecule has 0 aromatic carbocycles. The highest BCUT2D eigenvalue weighted by atomic mass is 16.3. The number of hydrogen-bond acceptors (Lipinski definition) is 2. The zero-order valence-electron chi connectivity index (χ0n) is 10.9. The van der Waals surface area contributed by atoms with Crippen LogP contribution in [0.25, 0.3) is 0 Å². The first-order valence-corrected chi connectivity index (χ1v) is 6.91. The molecule has 0 spiro atoms. The van der Waals surface area contributed by atoms with Gasteiger partial charge in [-0.05, 0) is 54.6 Å². The standard InChI is InChI=1S/C15H23NO/c1-11(2)16-10-15(6-12-3-4-17-9-12)7-13-5-14(13)8-15/h3-4,9,11,13-14,16H,5-8,10H2,1-2H3. The molecule has 0 bridgehead atoms. The normalized spacial score (nSPS) is 35.2. The number of fused-ring (bicyclic) bond motifs is 1. The van der Waals surface area contributed by atoms with Crippen LogP contribution in [0, 0.1) is 17.3 Å². The Labute approximate surface area is 104 Å². The van der Waals surface area contributed by atoms with E-state index in [9.17, 15) is 0 Å². The van der Waals surface area contributed by atoms with Crippen molar-refractivity contribution in [1.82, 2.24) is 5.32 Å². The van der Waals surface area contributed by atoms with Crippen LogP contribution in [-0.4, -0.2) is 12.6 Å². The molecule has 2 aliphatic carbocycles. The lowest BCUT2D eigenvalue weighted by Crippen LogP contribution is -2.38. The van der Waals surface area contributed by atoms with E-state index in [2.05, 4.69) is 25.2 Å². The van der Waals surface area contributed by atoms with Gasteiger partial charge in [0.1, 0.15) is 0 Å². The Morgan fingerprint density at radius 3 is 2.76 bits per heavy atom. The zero-order valence-corrected chi connectivity index (χ0v) is 10.9. The van der Waals surface area contributed by atoms with Crippen molar-refractivity contribution in [3.8, 4) is 0 Å². The second-order valence-electron chi connectivity index (χ2n) is 6.51. The third-order valence-corrected chi connectivity index (χ3v) is 4.50.